The van der Waals surface area contributed by atoms with E-state index >= 15 is 0 Å². The van der Waals surface area contributed by atoms with Crippen LogP contribution in [0.25, 0.3) is 0 Å². The zero-order valence-electron chi connectivity index (χ0n) is 16.3. The van der Waals surface area contributed by atoms with Gasteiger partial charge in [-0.05, 0) is 17.5 Å². The largest absolute Gasteiger partial charge is 0.769 e. The van der Waals surface area contributed by atoms with Crippen molar-refractivity contribution in [3.05, 3.63) is 10.6 Å². The number of esters is 1. The van der Waals surface area contributed by atoms with Gasteiger partial charge in [0.25, 0.3) is 0 Å². The SMILES string of the molecule is CCC(=C(N)C(=O)OC(F)(F)C(F)(F)C(F)(F)C(F)(F)C(F)(F)C(F)(F)C(F)(F)C(F)(F)F)S(=O)[O-]. The molecule has 0 aliphatic rings. The predicted molar refractivity (Wildman–Crippen MR) is 77.2 cm³/mol. The van der Waals surface area contributed by atoms with Crippen molar-refractivity contribution in [1.82, 2.24) is 0 Å². The average molecular weight is 596 g/mol. The molecule has 0 aromatic heterocycles. The Morgan fingerprint density at radius 3 is 1.28 bits per heavy atom. The second-order valence-corrected chi connectivity index (χ2v) is 7.24. The molecular weight excluding hydrogens is 589 g/mol. The van der Waals surface area contributed by atoms with Crippen LogP contribution in [0.1, 0.15) is 13.3 Å². The minimum absolute atomic E-state index is 0.797. The van der Waals surface area contributed by atoms with Gasteiger partial charge in [0.15, 0.2) is 0 Å². The quantitative estimate of drug-likeness (QED) is 0.167. The first kappa shape index (κ1) is 33.9. The maximum Gasteiger partial charge on any atom is 0.473 e. The van der Waals surface area contributed by atoms with E-state index in [2.05, 4.69) is 10.5 Å². The molecule has 23 heteroatoms. The summed E-state index contributed by atoms with van der Waals surface area (Å²) in [6, 6.07) is 0. The minimum atomic E-state index is -8.86. The van der Waals surface area contributed by atoms with Crippen molar-refractivity contribution in [3.63, 3.8) is 0 Å². The first-order valence-corrected chi connectivity index (χ1v) is 9.04. The monoisotopic (exact) mass is 596 g/mol. The second-order valence-electron chi connectivity index (χ2n) is 6.28. The fraction of sp³-hybridized carbons (Fsp3) is 0.769. The van der Waals surface area contributed by atoms with E-state index in [4.69, 9.17) is 0 Å². The van der Waals surface area contributed by atoms with E-state index in [1.165, 1.54) is 0 Å². The maximum atomic E-state index is 13.6. The van der Waals surface area contributed by atoms with E-state index in [-0.39, 0.29) is 0 Å². The molecule has 214 valence electrons. The molecule has 0 fully saturated rings. The number of nitrogens with two attached hydrogens (primary N) is 1. The number of hydrogen-bond acceptors (Lipinski definition) is 5. The van der Waals surface area contributed by atoms with Gasteiger partial charge in [-0.3, -0.25) is 4.21 Å². The minimum Gasteiger partial charge on any atom is -0.769 e. The predicted octanol–water partition coefficient (Wildman–Crippen LogP) is 4.96. The first-order valence-electron chi connectivity index (χ1n) is 7.96. The van der Waals surface area contributed by atoms with Gasteiger partial charge in [0.1, 0.15) is 5.70 Å². The summed E-state index contributed by atoms with van der Waals surface area (Å²) >= 11 is -3.61. The lowest BCUT2D eigenvalue weighted by atomic mass is 9.90. The third-order valence-electron chi connectivity index (χ3n) is 3.96. The van der Waals surface area contributed by atoms with Crippen LogP contribution in [0.4, 0.5) is 74.6 Å². The molecule has 0 spiro atoms. The first-order chi connectivity index (χ1) is 15.4. The molecule has 0 aromatic rings. The van der Waals surface area contributed by atoms with Crippen LogP contribution in [0, 0.1) is 0 Å². The highest BCUT2D eigenvalue weighted by Gasteiger charge is 2.95. The number of halogens is 17. The average Bonchev–Trinajstić information content (AvgIpc) is 2.65. The highest BCUT2D eigenvalue weighted by molar-refractivity contribution is 7.83. The Hall–Kier alpha value is -2.07. The highest BCUT2D eigenvalue weighted by Crippen LogP contribution is 2.64. The van der Waals surface area contributed by atoms with E-state index < -0.39 is 81.9 Å². The molecule has 0 aromatic carbocycles. The van der Waals surface area contributed by atoms with Crippen LogP contribution in [0.2, 0.25) is 0 Å². The van der Waals surface area contributed by atoms with Crippen molar-refractivity contribution >= 4 is 17.0 Å². The summed E-state index contributed by atoms with van der Waals surface area (Å²) < 4.78 is 246. The van der Waals surface area contributed by atoms with Crippen LogP contribution in [0.15, 0.2) is 10.6 Å². The second kappa shape index (κ2) is 9.35. The van der Waals surface area contributed by atoms with Gasteiger partial charge in [-0.15, -0.1) is 0 Å². The standard InChI is InChI=1S/C13H8F17NO4S/c1-2-3(36(33)34)4(31)5(32)35-13(29,30)11(24,25)9(20,21)7(16,17)6(14,15)8(18,19)10(22,23)12(26,27)28/h2,31H2,1H3,(H,33,34)/p-1. The Labute approximate surface area is 188 Å². The van der Waals surface area contributed by atoms with Crippen molar-refractivity contribution < 1.29 is 92.9 Å². The number of ether oxygens (including phenoxy) is 1. The van der Waals surface area contributed by atoms with Gasteiger partial charge < -0.3 is 15.0 Å². The van der Waals surface area contributed by atoms with Crippen LogP contribution in [-0.2, 0) is 20.6 Å². The Morgan fingerprint density at radius 1 is 0.694 bits per heavy atom. The van der Waals surface area contributed by atoms with E-state index in [1.807, 2.05) is 0 Å². The van der Waals surface area contributed by atoms with Crippen LogP contribution in [0.3, 0.4) is 0 Å². The van der Waals surface area contributed by atoms with Crippen molar-refractivity contribution in [2.24, 2.45) is 5.73 Å². The lowest BCUT2D eigenvalue weighted by molar-refractivity contribution is -0.473. The van der Waals surface area contributed by atoms with Gasteiger partial charge in [-0.2, -0.15) is 74.6 Å². The van der Waals surface area contributed by atoms with Gasteiger partial charge >= 0.3 is 53.8 Å². The molecule has 0 amide bonds. The number of rotatable bonds is 10. The summed E-state index contributed by atoms with van der Waals surface area (Å²) in [6.07, 6.45) is -16.3. The summed E-state index contributed by atoms with van der Waals surface area (Å²) in [4.78, 5) is 9.82. The van der Waals surface area contributed by atoms with Crippen molar-refractivity contribution in [2.75, 3.05) is 0 Å². The van der Waals surface area contributed by atoms with Gasteiger partial charge in [-0.25, -0.2) is 4.79 Å². The van der Waals surface area contributed by atoms with Gasteiger partial charge in [0.05, 0.1) is 0 Å². The molecule has 0 saturated heterocycles. The van der Waals surface area contributed by atoms with Gasteiger partial charge in [0.2, 0.25) is 0 Å². The molecule has 1 atom stereocenters. The van der Waals surface area contributed by atoms with Crippen LogP contribution < -0.4 is 5.73 Å². The van der Waals surface area contributed by atoms with Crippen molar-refractivity contribution in [1.29, 1.82) is 0 Å². The molecule has 2 N–H and O–H groups in total. The molecular formula is C13H7F17NO4S-. The number of carbonyl (C=O) groups is 1. The molecule has 36 heavy (non-hydrogen) atoms. The zero-order valence-corrected chi connectivity index (χ0v) is 17.1. The lowest BCUT2D eigenvalue weighted by Crippen LogP contribution is -2.74. The van der Waals surface area contributed by atoms with Crippen LogP contribution in [0.5, 0.6) is 0 Å². The van der Waals surface area contributed by atoms with E-state index in [1.54, 1.807) is 0 Å². The van der Waals surface area contributed by atoms with Crippen molar-refractivity contribution in [2.45, 2.75) is 61.2 Å². The third-order valence-corrected chi connectivity index (χ3v) is 4.87. The van der Waals surface area contributed by atoms with Gasteiger partial charge in [-0.1, -0.05) is 6.92 Å². The van der Waals surface area contributed by atoms with E-state index in [0.29, 0.717) is 0 Å². The molecule has 0 aliphatic heterocycles. The summed E-state index contributed by atoms with van der Waals surface area (Å²) in [6.45, 7) is 0.797. The fourth-order valence-corrected chi connectivity index (χ4v) is 2.40. The van der Waals surface area contributed by atoms with E-state index in [9.17, 15) is 88.2 Å². The Balaban J connectivity index is 6.75. The lowest BCUT2D eigenvalue weighted by Gasteiger charge is -2.42. The smallest absolute Gasteiger partial charge is 0.473 e. The Kier molecular flexibility index (Phi) is 8.81. The fourth-order valence-electron chi connectivity index (χ4n) is 1.90. The summed E-state index contributed by atoms with van der Waals surface area (Å²) in [5, 5.41) is 0. The molecule has 0 rings (SSSR count). The third kappa shape index (κ3) is 4.78. The molecule has 1 unspecified atom stereocenters. The van der Waals surface area contributed by atoms with E-state index in [0.717, 1.165) is 6.92 Å². The molecule has 0 saturated carbocycles. The normalized spacial score (nSPS) is 17.0. The summed E-state index contributed by atoms with van der Waals surface area (Å²) in [5.74, 6) is -54.9. The number of alkyl halides is 17. The Morgan fingerprint density at radius 2 is 1.00 bits per heavy atom. The number of hydrogen-bond donors (Lipinski definition) is 1. The molecule has 0 bridgehead atoms. The molecule has 0 heterocycles. The maximum absolute atomic E-state index is 13.6. The van der Waals surface area contributed by atoms with Crippen molar-refractivity contribution in [3.8, 4) is 0 Å². The Bertz CT molecular complexity index is 911. The van der Waals surface area contributed by atoms with Crippen LogP contribution in [-0.4, -0.2) is 62.6 Å². The number of carbonyl (C=O) groups excluding carboxylic acids is 1. The molecule has 0 radical (unpaired) electrons. The highest BCUT2D eigenvalue weighted by atomic mass is 32.2. The topological polar surface area (TPSA) is 92.5 Å². The van der Waals surface area contributed by atoms with Crippen LogP contribution >= 0.6 is 0 Å². The number of allylic oxidation sites excluding steroid dienone is 1. The summed E-state index contributed by atoms with van der Waals surface area (Å²) in [7, 11) is 0. The summed E-state index contributed by atoms with van der Waals surface area (Å²) in [5.41, 5.74) is 2.54. The zero-order chi connectivity index (χ0) is 29.7. The van der Waals surface area contributed by atoms with Gasteiger partial charge in [0, 0.05) is 4.91 Å². The molecule has 0 aliphatic carbocycles. The molecule has 5 nitrogen and oxygen atoms in total.